The van der Waals surface area contributed by atoms with E-state index in [4.69, 9.17) is 9.47 Å². The molecule has 3 heterocycles. The second kappa shape index (κ2) is 8.65. The van der Waals surface area contributed by atoms with Crippen molar-refractivity contribution in [2.24, 2.45) is 4.99 Å². The van der Waals surface area contributed by atoms with Crippen LogP contribution < -0.4 is 9.64 Å². The fourth-order valence-corrected chi connectivity index (χ4v) is 7.78. The number of carbonyl (C=O) groups is 1. The summed E-state index contributed by atoms with van der Waals surface area (Å²) < 4.78 is 35.7. The lowest BCUT2D eigenvalue weighted by atomic mass is 10.2. The number of amidine groups is 1. The molecule has 9 heteroatoms. The van der Waals surface area contributed by atoms with Crippen molar-refractivity contribution in [2.45, 2.75) is 50.0 Å². The van der Waals surface area contributed by atoms with E-state index in [1.54, 1.807) is 0 Å². The van der Waals surface area contributed by atoms with Crippen LogP contribution in [0.15, 0.2) is 29.3 Å². The van der Waals surface area contributed by atoms with Gasteiger partial charge in [0.1, 0.15) is 11.9 Å². The summed E-state index contributed by atoms with van der Waals surface area (Å²) >= 11 is 1.38. The van der Waals surface area contributed by atoms with Crippen molar-refractivity contribution in [1.82, 2.24) is 0 Å². The molecule has 0 saturated carbocycles. The first-order valence-corrected chi connectivity index (χ1v) is 12.8. The molecule has 1 aromatic carbocycles. The molecule has 0 bridgehead atoms. The van der Waals surface area contributed by atoms with E-state index < -0.39 is 15.9 Å². The zero-order chi connectivity index (χ0) is 20.4. The molecule has 1 amide bonds. The van der Waals surface area contributed by atoms with E-state index in [0.29, 0.717) is 24.8 Å². The summed E-state index contributed by atoms with van der Waals surface area (Å²) in [6.07, 6.45) is 3.07. The van der Waals surface area contributed by atoms with E-state index in [9.17, 15) is 13.2 Å². The van der Waals surface area contributed by atoms with Crippen LogP contribution in [0.3, 0.4) is 0 Å². The molecule has 0 N–H and O–H groups in total. The minimum absolute atomic E-state index is 0.0682. The third-order valence-electron chi connectivity index (χ3n) is 5.34. The molecule has 1 aromatic rings. The number of ether oxygens (including phenoxy) is 2. The van der Waals surface area contributed by atoms with Gasteiger partial charge in [-0.25, -0.2) is 8.42 Å². The Morgan fingerprint density at radius 2 is 2.24 bits per heavy atom. The highest BCUT2D eigenvalue weighted by atomic mass is 32.2. The van der Waals surface area contributed by atoms with E-state index in [0.717, 1.165) is 30.7 Å². The van der Waals surface area contributed by atoms with Crippen LogP contribution in [0.2, 0.25) is 0 Å². The van der Waals surface area contributed by atoms with Crippen molar-refractivity contribution in [3.05, 3.63) is 24.3 Å². The van der Waals surface area contributed by atoms with Gasteiger partial charge in [-0.1, -0.05) is 31.2 Å². The maximum atomic E-state index is 12.6. The maximum absolute atomic E-state index is 12.6. The van der Waals surface area contributed by atoms with Gasteiger partial charge >= 0.3 is 0 Å². The molecule has 0 aromatic heterocycles. The fourth-order valence-electron chi connectivity index (χ4n) is 3.86. The number of thioether (sulfide) groups is 1. The smallest absolute Gasteiger partial charge is 0.277 e. The number of unbranched alkanes of at least 4 members (excludes halogenated alkanes) is 1. The first kappa shape index (κ1) is 20.7. The lowest BCUT2D eigenvalue weighted by molar-refractivity contribution is -0.126. The predicted molar refractivity (Wildman–Crippen MR) is 115 cm³/mol. The van der Waals surface area contributed by atoms with Gasteiger partial charge in [-0.15, -0.1) is 0 Å². The first-order chi connectivity index (χ1) is 14.0. The Morgan fingerprint density at radius 3 is 3.00 bits per heavy atom. The van der Waals surface area contributed by atoms with Crippen molar-refractivity contribution in [3.8, 4) is 5.75 Å². The number of hydrogen-bond donors (Lipinski definition) is 0. The van der Waals surface area contributed by atoms with Gasteiger partial charge < -0.3 is 14.4 Å². The van der Waals surface area contributed by atoms with Gasteiger partial charge in [0.15, 0.2) is 15.0 Å². The van der Waals surface area contributed by atoms with Crippen LogP contribution in [0, 0.1) is 0 Å². The number of nitrogens with zero attached hydrogens (tertiary/aromatic N) is 2. The number of hydrogen-bond acceptors (Lipinski definition) is 6. The quantitative estimate of drug-likeness (QED) is 0.631. The molecule has 3 saturated heterocycles. The van der Waals surface area contributed by atoms with Gasteiger partial charge in [-0.2, -0.15) is 4.99 Å². The van der Waals surface area contributed by atoms with Gasteiger partial charge in [0.05, 0.1) is 24.2 Å². The Bertz CT molecular complexity index is 896. The van der Waals surface area contributed by atoms with Crippen LogP contribution in [0.1, 0.15) is 32.6 Å². The average molecular weight is 439 g/mol. The summed E-state index contributed by atoms with van der Waals surface area (Å²) in [5.74, 6) is 0.625. The molecule has 0 unspecified atom stereocenters. The van der Waals surface area contributed by atoms with E-state index in [-0.39, 0.29) is 28.7 Å². The Labute approximate surface area is 175 Å². The second-order valence-electron chi connectivity index (χ2n) is 7.60. The lowest BCUT2D eigenvalue weighted by Crippen LogP contribution is -2.38. The molecule has 3 atom stereocenters. The van der Waals surface area contributed by atoms with Crippen molar-refractivity contribution in [2.75, 3.05) is 29.6 Å². The standard InChI is InChI=1S/C20H26N2O5S2/c1-2-3-9-26-15-7-4-6-14(11-15)22-16-12-29(24,25)13-18(16)28-20(22)21-19(23)17-8-5-10-27-17/h4,6-7,11,16-18H,2-3,5,8-10,12-13H2,1H3/t16-,17+,18+/m0/s1. The number of fused-ring (bicyclic) bond motifs is 1. The Hall–Kier alpha value is -1.58. The zero-order valence-electron chi connectivity index (χ0n) is 16.5. The van der Waals surface area contributed by atoms with Crippen molar-refractivity contribution < 1.29 is 22.7 Å². The molecule has 3 aliphatic heterocycles. The number of aliphatic imine (C=N–C) groups is 1. The molecule has 0 spiro atoms. The predicted octanol–water partition coefficient (Wildman–Crippen LogP) is 2.65. The third-order valence-corrected chi connectivity index (χ3v) is 8.55. The summed E-state index contributed by atoms with van der Waals surface area (Å²) in [4.78, 5) is 18.8. The molecule has 0 radical (unpaired) electrons. The van der Waals surface area contributed by atoms with Crippen molar-refractivity contribution in [1.29, 1.82) is 0 Å². The molecular weight excluding hydrogens is 412 g/mol. The average Bonchev–Trinajstić information content (AvgIpc) is 3.37. The van der Waals surface area contributed by atoms with Gasteiger partial charge in [0.25, 0.3) is 5.91 Å². The highest BCUT2D eigenvalue weighted by Gasteiger charge is 2.49. The number of sulfone groups is 1. The minimum atomic E-state index is -3.10. The number of carbonyl (C=O) groups excluding carboxylic acids is 1. The largest absolute Gasteiger partial charge is 0.494 e. The van der Waals surface area contributed by atoms with Crippen LogP contribution in [-0.4, -0.2) is 61.6 Å². The minimum Gasteiger partial charge on any atom is -0.494 e. The van der Waals surface area contributed by atoms with Gasteiger partial charge in [-0.05, 0) is 31.4 Å². The summed E-state index contributed by atoms with van der Waals surface area (Å²) in [6, 6.07) is 7.35. The Morgan fingerprint density at radius 1 is 1.38 bits per heavy atom. The second-order valence-corrected chi connectivity index (χ2v) is 11.0. The van der Waals surface area contributed by atoms with E-state index in [2.05, 4.69) is 11.9 Å². The van der Waals surface area contributed by atoms with Gasteiger partial charge in [-0.3, -0.25) is 4.79 Å². The van der Waals surface area contributed by atoms with Crippen LogP contribution >= 0.6 is 11.8 Å². The summed E-state index contributed by atoms with van der Waals surface area (Å²) in [5.41, 5.74) is 0.801. The van der Waals surface area contributed by atoms with Gasteiger partial charge in [0, 0.05) is 23.6 Å². The van der Waals surface area contributed by atoms with Gasteiger partial charge in [0.2, 0.25) is 0 Å². The molecule has 158 valence electrons. The third kappa shape index (κ3) is 4.62. The summed E-state index contributed by atoms with van der Waals surface area (Å²) in [6.45, 7) is 3.32. The monoisotopic (exact) mass is 438 g/mol. The normalized spacial score (nSPS) is 29.3. The van der Waals surface area contributed by atoms with Crippen LogP contribution in [0.5, 0.6) is 5.75 Å². The molecule has 3 aliphatic rings. The lowest BCUT2D eigenvalue weighted by Gasteiger charge is -2.25. The topological polar surface area (TPSA) is 85.3 Å². The zero-order valence-corrected chi connectivity index (χ0v) is 18.1. The highest BCUT2D eigenvalue weighted by Crippen LogP contribution is 2.41. The number of anilines is 1. The maximum Gasteiger partial charge on any atom is 0.277 e. The van der Waals surface area contributed by atoms with E-state index in [1.807, 2.05) is 29.2 Å². The highest BCUT2D eigenvalue weighted by molar-refractivity contribution is 8.16. The number of rotatable bonds is 6. The molecule has 0 aliphatic carbocycles. The summed E-state index contributed by atoms with van der Waals surface area (Å²) in [5, 5.41) is 0.432. The molecule has 29 heavy (non-hydrogen) atoms. The number of amides is 1. The molecule has 4 rings (SSSR count). The van der Waals surface area contributed by atoms with Crippen LogP contribution in [-0.2, 0) is 19.4 Å². The fraction of sp³-hybridized carbons (Fsp3) is 0.600. The molecule has 3 fully saturated rings. The van der Waals surface area contributed by atoms with Crippen molar-refractivity contribution >= 4 is 38.4 Å². The van der Waals surface area contributed by atoms with E-state index >= 15 is 0 Å². The first-order valence-electron chi connectivity index (χ1n) is 10.1. The number of benzene rings is 1. The molecule has 7 nitrogen and oxygen atoms in total. The van der Waals surface area contributed by atoms with E-state index in [1.165, 1.54) is 11.8 Å². The van der Waals surface area contributed by atoms with Crippen LogP contribution in [0.4, 0.5) is 5.69 Å². The summed E-state index contributed by atoms with van der Waals surface area (Å²) in [7, 11) is -3.10. The van der Waals surface area contributed by atoms with Crippen LogP contribution in [0.25, 0.3) is 0 Å². The van der Waals surface area contributed by atoms with Crippen molar-refractivity contribution in [3.63, 3.8) is 0 Å². The Balaban J connectivity index is 1.62. The Kier molecular flexibility index (Phi) is 6.17. The SMILES string of the molecule is CCCCOc1cccc(N2C(=NC(=O)[C@H]3CCCO3)S[C@@H]3CS(=O)(=O)C[C@@H]32)c1. The molecular formula is C20H26N2O5S2.